The van der Waals surface area contributed by atoms with Crippen molar-refractivity contribution in [3.8, 4) is 0 Å². The first-order chi connectivity index (χ1) is 11.6. The van der Waals surface area contributed by atoms with Gasteiger partial charge in [-0.1, -0.05) is 48.0 Å². The zero-order chi connectivity index (χ0) is 17.0. The van der Waals surface area contributed by atoms with Crippen LogP contribution in [-0.4, -0.2) is 32.2 Å². The molecule has 0 bridgehead atoms. The van der Waals surface area contributed by atoms with Crippen LogP contribution in [0.5, 0.6) is 0 Å². The first kappa shape index (κ1) is 16.7. The molecule has 1 aliphatic heterocycles. The lowest BCUT2D eigenvalue weighted by molar-refractivity contribution is 0.343. The van der Waals surface area contributed by atoms with Crippen LogP contribution in [0.3, 0.4) is 0 Å². The summed E-state index contributed by atoms with van der Waals surface area (Å²) in [4.78, 5) is 2.32. The van der Waals surface area contributed by atoms with Crippen LogP contribution in [0, 0.1) is 6.92 Å². The lowest BCUT2D eigenvalue weighted by atomic mass is 10.1. The number of sulfonamides is 1. The molecule has 0 aliphatic carbocycles. The summed E-state index contributed by atoms with van der Waals surface area (Å²) in [7, 11) is -3.73. The quantitative estimate of drug-likeness (QED) is 0.632. The monoisotopic (exact) mass is 342 g/mol. The van der Waals surface area contributed by atoms with Gasteiger partial charge in [0.2, 0.25) is 0 Å². The Bertz CT molecular complexity index is 806. The van der Waals surface area contributed by atoms with Gasteiger partial charge in [0.05, 0.1) is 4.90 Å². The second-order valence-corrected chi connectivity index (χ2v) is 7.72. The topological polar surface area (TPSA) is 49.7 Å². The van der Waals surface area contributed by atoms with E-state index in [0.717, 1.165) is 37.1 Å². The predicted octanol–water partition coefficient (Wildman–Crippen LogP) is 3.62. The normalized spacial score (nSPS) is 16.2. The van der Waals surface area contributed by atoms with Gasteiger partial charge in [0.25, 0.3) is 10.0 Å². The maximum Gasteiger partial charge on any atom is 0.284 e. The molecule has 0 amide bonds. The fourth-order valence-corrected chi connectivity index (χ4v) is 3.90. The predicted molar refractivity (Wildman–Crippen MR) is 96.8 cm³/mol. The Morgan fingerprint density at radius 2 is 1.54 bits per heavy atom. The Kier molecular flexibility index (Phi) is 5.00. The molecule has 1 saturated heterocycles. The Morgan fingerprint density at radius 3 is 2.17 bits per heavy atom. The molecule has 1 fully saturated rings. The maximum absolute atomic E-state index is 12.8. The molecule has 1 heterocycles. The molecule has 5 heteroatoms. The molecular formula is C19H22N2O2S. The SMILES string of the molecule is Cc1ccc(S(=O)(=O)N=C(c2ccccc2)N2CCCCC2)cc1. The van der Waals surface area contributed by atoms with Crippen LogP contribution in [0.2, 0.25) is 0 Å². The summed E-state index contributed by atoms with van der Waals surface area (Å²) in [6, 6.07) is 16.4. The van der Waals surface area contributed by atoms with Gasteiger partial charge < -0.3 is 4.90 Å². The van der Waals surface area contributed by atoms with Crippen molar-refractivity contribution in [1.82, 2.24) is 4.90 Å². The summed E-state index contributed by atoms with van der Waals surface area (Å²) in [5.41, 5.74) is 1.87. The lowest BCUT2D eigenvalue weighted by Gasteiger charge is -2.29. The van der Waals surface area contributed by atoms with Crippen LogP contribution in [0.15, 0.2) is 63.9 Å². The second kappa shape index (κ2) is 7.18. The van der Waals surface area contributed by atoms with Crippen molar-refractivity contribution < 1.29 is 8.42 Å². The van der Waals surface area contributed by atoms with E-state index in [1.54, 1.807) is 24.3 Å². The van der Waals surface area contributed by atoms with E-state index in [1.807, 2.05) is 37.3 Å². The van der Waals surface area contributed by atoms with Gasteiger partial charge in [-0.2, -0.15) is 8.42 Å². The Hall–Kier alpha value is -2.14. The van der Waals surface area contributed by atoms with E-state index in [-0.39, 0.29) is 4.90 Å². The number of hydrogen-bond donors (Lipinski definition) is 0. The highest BCUT2D eigenvalue weighted by Gasteiger charge is 2.21. The fraction of sp³-hybridized carbons (Fsp3) is 0.316. The number of benzene rings is 2. The number of amidine groups is 1. The van der Waals surface area contributed by atoms with E-state index in [2.05, 4.69) is 9.30 Å². The largest absolute Gasteiger partial charge is 0.355 e. The molecule has 2 aromatic carbocycles. The molecule has 0 atom stereocenters. The Balaban J connectivity index is 2.03. The third-order valence-corrected chi connectivity index (χ3v) is 5.49. The highest BCUT2D eigenvalue weighted by atomic mass is 32.2. The van der Waals surface area contributed by atoms with Gasteiger partial charge in [-0.25, -0.2) is 0 Å². The zero-order valence-corrected chi connectivity index (χ0v) is 14.7. The average molecular weight is 342 g/mol. The summed E-state index contributed by atoms with van der Waals surface area (Å²) >= 11 is 0. The van der Waals surface area contributed by atoms with Crippen molar-refractivity contribution >= 4 is 15.9 Å². The minimum Gasteiger partial charge on any atom is -0.355 e. The van der Waals surface area contributed by atoms with E-state index in [1.165, 1.54) is 6.42 Å². The summed E-state index contributed by atoms with van der Waals surface area (Å²) in [5.74, 6) is 0.552. The van der Waals surface area contributed by atoms with Crippen LogP contribution >= 0.6 is 0 Å². The summed E-state index contributed by atoms with van der Waals surface area (Å²) in [6.07, 6.45) is 3.32. The highest BCUT2D eigenvalue weighted by Crippen LogP contribution is 2.19. The van der Waals surface area contributed by atoms with Gasteiger partial charge in [-0.3, -0.25) is 0 Å². The second-order valence-electron chi connectivity index (χ2n) is 6.12. The van der Waals surface area contributed by atoms with Gasteiger partial charge in [-0.05, 0) is 38.3 Å². The van der Waals surface area contributed by atoms with Crippen molar-refractivity contribution in [3.05, 3.63) is 65.7 Å². The van der Waals surface area contributed by atoms with Crippen LogP contribution in [0.4, 0.5) is 0 Å². The molecule has 3 rings (SSSR count). The Morgan fingerprint density at radius 1 is 0.917 bits per heavy atom. The molecule has 4 nitrogen and oxygen atoms in total. The lowest BCUT2D eigenvalue weighted by Crippen LogP contribution is -2.36. The van der Waals surface area contributed by atoms with E-state index in [4.69, 9.17) is 0 Å². The number of aryl methyl sites for hydroxylation is 1. The molecule has 0 aromatic heterocycles. The molecular weight excluding hydrogens is 320 g/mol. The average Bonchev–Trinajstić information content (AvgIpc) is 2.62. The van der Waals surface area contributed by atoms with Crippen LogP contribution in [0.1, 0.15) is 30.4 Å². The van der Waals surface area contributed by atoms with E-state index >= 15 is 0 Å². The molecule has 2 aromatic rings. The van der Waals surface area contributed by atoms with Crippen molar-refractivity contribution in [2.45, 2.75) is 31.1 Å². The van der Waals surface area contributed by atoms with Crippen LogP contribution in [0.25, 0.3) is 0 Å². The molecule has 0 saturated carbocycles. The van der Waals surface area contributed by atoms with E-state index in [9.17, 15) is 8.42 Å². The van der Waals surface area contributed by atoms with Gasteiger partial charge in [0, 0.05) is 18.7 Å². The summed E-state index contributed by atoms with van der Waals surface area (Å²) in [5, 5.41) is 0. The number of hydrogen-bond acceptors (Lipinski definition) is 2. The van der Waals surface area contributed by atoms with E-state index < -0.39 is 10.0 Å². The van der Waals surface area contributed by atoms with Crippen molar-refractivity contribution in [2.24, 2.45) is 4.40 Å². The molecule has 1 aliphatic rings. The first-order valence-electron chi connectivity index (χ1n) is 8.28. The minimum absolute atomic E-state index is 0.235. The molecule has 126 valence electrons. The third kappa shape index (κ3) is 3.85. The minimum atomic E-state index is -3.73. The van der Waals surface area contributed by atoms with Crippen molar-refractivity contribution in [2.75, 3.05) is 13.1 Å². The van der Waals surface area contributed by atoms with Gasteiger partial charge >= 0.3 is 0 Å². The molecule has 0 unspecified atom stereocenters. The number of likely N-dealkylation sites (tertiary alicyclic amines) is 1. The number of nitrogens with zero attached hydrogens (tertiary/aromatic N) is 2. The standard InChI is InChI=1S/C19H22N2O2S/c1-16-10-12-18(13-11-16)24(22,23)20-19(17-8-4-2-5-9-17)21-14-6-3-7-15-21/h2,4-5,8-13H,3,6-7,14-15H2,1H3. The Labute approximate surface area is 143 Å². The molecule has 0 radical (unpaired) electrons. The van der Waals surface area contributed by atoms with Crippen LogP contribution < -0.4 is 0 Å². The van der Waals surface area contributed by atoms with Gasteiger partial charge in [0.1, 0.15) is 5.84 Å². The molecule has 24 heavy (non-hydrogen) atoms. The summed E-state index contributed by atoms with van der Waals surface area (Å²) < 4.78 is 29.7. The highest BCUT2D eigenvalue weighted by molar-refractivity contribution is 7.90. The number of rotatable bonds is 3. The van der Waals surface area contributed by atoms with E-state index in [0.29, 0.717) is 5.84 Å². The molecule has 0 spiro atoms. The van der Waals surface area contributed by atoms with Crippen molar-refractivity contribution in [3.63, 3.8) is 0 Å². The van der Waals surface area contributed by atoms with Crippen LogP contribution in [-0.2, 0) is 10.0 Å². The zero-order valence-electron chi connectivity index (χ0n) is 13.9. The number of piperidine rings is 1. The van der Waals surface area contributed by atoms with Crippen molar-refractivity contribution in [1.29, 1.82) is 0 Å². The fourth-order valence-electron chi connectivity index (χ4n) is 2.86. The first-order valence-corrected chi connectivity index (χ1v) is 9.72. The maximum atomic E-state index is 12.8. The van der Waals surface area contributed by atoms with Gasteiger partial charge in [0.15, 0.2) is 0 Å². The smallest absolute Gasteiger partial charge is 0.284 e. The van der Waals surface area contributed by atoms with Gasteiger partial charge in [-0.15, -0.1) is 4.40 Å². The summed E-state index contributed by atoms with van der Waals surface area (Å²) in [6.45, 7) is 3.62. The third-order valence-electron chi connectivity index (χ3n) is 4.21. The molecule has 0 N–H and O–H groups in total.